The number of aromatic nitrogens is 5. The van der Waals surface area contributed by atoms with Crippen LogP contribution in [0.1, 0.15) is 158 Å². The Labute approximate surface area is 687 Å². The van der Waals surface area contributed by atoms with Crippen LogP contribution in [0, 0.1) is 35.5 Å². The Bertz CT molecular complexity index is 3900. The number of anilines is 2. The lowest BCUT2D eigenvalue weighted by Crippen LogP contribution is -2.61. The van der Waals surface area contributed by atoms with Crippen molar-refractivity contribution in [1.82, 2.24) is 34.9 Å². The van der Waals surface area contributed by atoms with Crippen LogP contribution in [0.15, 0.2) is 81.7 Å². The number of carbonyl (C=O) groups excluding carboxylic acids is 5. The summed E-state index contributed by atoms with van der Waals surface area (Å²) in [4.78, 5) is 89.2. The van der Waals surface area contributed by atoms with Gasteiger partial charge in [0.05, 0.1) is 114 Å². The molecule has 2 amide bonds. The lowest BCUT2D eigenvalue weighted by molar-refractivity contribution is -0.265. The minimum Gasteiger partial charge on any atom is -0.460 e. The minimum absolute atomic E-state index is 0.0220. The number of ether oxygens (including phenoxy) is 11. The average molecular weight is 1640 g/mol. The van der Waals surface area contributed by atoms with Crippen molar-refractivity contribution < 1.29 is 106 Å². The number of nitrogens with one attached hydrogen (secondary N) is 1. The lowest BCUT2D eigenvalue weighted by atomic mass is 9.78. The summed E-state index contributed by atoms with van der Waals surface area (Å²) in [5.74, 6) is -7.30. The smallest absolute Gasteiger partial charge is 0.329 e. The van der Waals surface area contributed by atoms with Crippen molar-refractivity contribution in [3.05, 3.63) is 72.1 Å². The summed E-state index contributed by atoms with van der Waals surface area (Å²) in [6.45, 7) is 18.1. The molecule has 3 aliphatic heterocycles. The number of carbonyl (C=O) groups is 5. The number of benzene rings is 1. The molecule has 3 fully saturated rings. The van der Waals surface area contributed by atoms with Crippen molar-refractivity contribution >= 4 is 69.0 Å². The molecule has 4 aliphatic rings. The van der Waals surface area contributed by atoms with Crippen molar-refractivity contribution in [2.45, 2.75) is 225 Å². The molecule has 2 bridgehead atoms. The van der Waals surface area contributed by atoms with Gasteiger partial charge >= 0.3 is 5.97 Å². The molecular formula is C85H130N10O22. The lowest BCUT2D eigenvalue weighted by Gasteiger charge is -2.43. The highest BCUT2D eigenvalue weighted by Gasteiger charge is 2.53. The van der Waals surface area contributed by atoms with Gasteiger partial charge < -0.3 is 103 Å². The Hall–Kier alpha value is -7.54. The SMILES string of the molecule is CO[C@H]1C[C@@H]2CC[C@@H](C)[C@@](O)(O2)C(=O)C(=O)N2CCCC[C@H]2C(=O)O[C@H]([C@H](C)C[C@@H]2CC[C@@H](O)[C@H](OC)C2)C[C@@H](O)[C@H](C)/C=C(\C)[C@@H](O)[C@@H](OC)/C(=N/OCC(=O)CCCOCCOCCOCCOCCOCCOCCC(=O)NCCCCn2nc(-c3ccc4oc(N)nc4c3)c3c(N)ncnc32)[C@H](C)C[C@H](C)/C=C/C=C/C=C/1C. The first kappa shape index (κ1) is 94.9. The summed E-state index contributed by atoms with van der Waals surface area (Å²) in [6.07, 6.45) is 14.1. The summed E-state index contributed by atoms with van der Waals surface area (Å²) in [7, 11) is 4.61. The zero-order chi connectivity index (χ0) is 84.4. The molecule has 1 saturated carbocycles. The number of allylic oxidation sites excluding steroid dienone is 5. The molecule has 4 aromatic rings. The fourth-order valence-electron chi connectivity index (χ4n) is 15.6. The largest absolute Gasteiger partial charge is 0.460 e. The maximum atomic E-state index is 14.7. The second kappa shape index (κ2) is 49.3. The van der Waals surface area contributed by atoms with Crippen molar-refractivity contribution in [2.24, 2.45) is 40.7 Å². The van der Waals surface area contributed by atoms with E-state index in [1.54, 1.807) is 51.8 Å². The van der Waals surface area contributed by atoms with Gasteiger partial charge in [-0.1, -0.05) is 76.2 Å². The molecular weight excluding hydrogens is 1510 g/mol. The number of hydrogen-bond acceptors (Lipinski definition) is 29. The summed E-state index contributed by atoms with van der Waals surface area (Å²) < 4.78 is 71.3. The van der Waals surface area contributed by atoms with Gasteiger partial charge in [0, 0.05) is 96.6 Å². The van der Waals surface area contributed by atoms with Gasteiger partial charge in [0.15, 0.2) is 23.6 Å². The fraction of sp³-hybridized carbons (Fsp3) is 0.694. The number of rotatable bonds is 37. The maximum Gasteiger partial charge on any atom is 0.329 e. The van der Waals surface area contributed by atoms with Gasteiger partial charge in [0.25, 0.3) is 17.7 Å². The molecule has 1 aromatic carbocycles. The number of amides is 2. The first-order valence-corrected chi connectivity index (χ1v) is 41.7. The van der Waals surface area contributed by atoms with E-state index in [9.17, 15) is 44.4 Å². The molecule has 6 heterocycles. The maximum absolute atomic E-state index is 14.7. The van der Waals surface area contributed by atoms with Gasteiger partial charge in [0.1, 0.15) is 47.7 Å². The van der Waals surface area contributed by atoms with E-state index < -0.39 is 84.1 Å². The standard InChI is InChI=1S/C85H130N10O22/c1-54-19-12-11-13-20-55(2)70(105-8)50-64-26-23-60(7)85(104,117-64)79(101)82(102)94-31-16-14-22-66(94)83(103)115-71(57(4)47-61-24-27-67(97)72(48-61)106-9)51-68(98)56(3)46-59(6)77(100)78(107-10)75(58(5)45-54)93-114-52-63(96)21-18-33-108-35-37-110-39-41-112-43-44-113-42-40-111-38-36-109-34-29-73(99)88-30-15-17-32-95-81-74(80(86)89-53-90-81)76(92-95)62-25-28-69-65(49-62)91-84(87)116-69/h11-13,19-20,25,28,46,49,53-54,56-58,60-61,64,66-68,70-72,77-78,97-98,100,104H,14-18,21-24,26-27,29-45,47-48,50-52H2,1-10H3,(H2,87,91)(H,88,99)(H2,86,89,90)/b13-11+,19-12+,55-20+,59-46+,93-75+/t54-,56-,57-,58-,60-,61+,64+,66+,67-,68-,70+,71+,72-,77-,78+,85-/m1/s1. The van der Waals surface area contributed by atoms with Crippen LogP contribution >= 0.6 is 0 Å². The zero-order valence-corrected chi connectivity index (χ0v) is 70.2. The van der Waals surface area contributed by atoms with Gasteiger partial charge in [-0.05, 0) is 144 Å². The van der Waals surface area contributed by atoms with Gasteiger partial charge in [-0.25, -0.2) is 19.4 Å². The van der Waals surface area contributed by atoms with Crippen LogP contribution in [0.2, 0.25) is 0 Å². The number of nitrogens with two attached hydrogens (primary N) is 2. The molecule has 0 spiro atoms. The number of aryl methyl sites for hydroxylation is 1. The summed E-state index contributed by atoms with van der Waals surface area (Å²) in [6, 6.07) is 4.40. The van der Waals surface area contributed by atoms with E-state index >= 15 is 0 Å². The highest BCUT2D eigenvalue weighted by Crippen LogP contribution is 2.39. The van der Waals surface area contributed by atoms with E-state index in [4.69, 9.17) is 77.9 Å². The number of cyclic esters (lactones) is 1. The number of hydrogen-bond donors (Lipinski definition) is 7. The number of unbranched alkanes of at least 4 members (excludes halogenated alkanes) is 1. The minimum atomic E-state index is -2.46. The number of esters is 1. The third-order valence-electron chi connectivity index (χ3n) is 22.5. The topological polar surface area (TPSA) is 426 Å². The number of methoxy groups -OCH3 is 3. The molecule has 8 rings (SSSR count). The molecule has 652 valence electrons. The molecule has 0 unspecified atom stereocenters. The number of nitrogen functional groups attached to an aromatic ring is 2. The van der Waals surface area contributed by atoms with Crippen LogP contribution in [0.3, 0.4) is 0 Å². The van der Waals surface area contributed by atoms with Crippen molar-refractivity contribution in [3.63, 3.8) is 0 Å². The Kier molecular flexibility index (Phi) is 40.0. The summed E-state index contributed by atoms with van der Waals surface area (Å²) in [5, 5.41) is 60.1. The zero-order valence-electron chi connectivity index (χ0n) is 70.2. The van der Waals surface area contributed by atoms with E-state index in [1.807, 2.05) is 63.3 Å². The van der Waals surface area contributed by atoms with E-state index in [2.05, 4.69) is 32.3 Å². The summed E-state index contributed by atoms with van der Waals surface area (Å²) >= 11 is 0. The normalized spacial score (nSPS) is 28.7. The van der Waals surface area contributed by atoms with Gasteiger partial charge in [-0.15, -0.1) is 0 Å². The van der Waals surface area contributed by atoms with Crippen LogP contribution in [0.4, 0.5) is 11.8 Å². The molecule has 16 atom stereocenters. The highest BCUT2D eigenvalue weighted by atomic mass is 16.6. The predicted octanol–water partition coefficient (Wildman–Crippen LogP) is 8.32. The van der Waals surface area contributed by atoms with Crippen LogP contribution in [-0.4, -0.2) is 266 Å². The van der Waals surface area contributed by atoms with Crippen LogP contribution in [0.5, 0.6) is 0 Å². The summed E-state index contributed by atoms with van der Waals surface area (Å²) in [5.41, 5.74) is 16.9. The Balaban J connectivity index is 0.734. The fourth-order valence-corrected chi connectivity index (χ4v) is 15.6. The number of oxazole rings is 1. The van der Waals surface area contributed by atoms with E-state index in [0.717, 1.165) is 24.0 Å². The number of ketones is 2. The molecule has 32 nitrogen and oxygen atoms in total. The predicted molar refractivity (Wildman–Crippen MR) is 438 cm³/mol. The van der Waals surface area contributed by atoms with Crippen molar-refractivity contribution in [1.29, 1.82) is 0 Å². The number of aliphatic hydroxyl groups excluding tert-OH is 3. The van der Waals surface area contributed by atoms with E-state index in [1.165, 1.54) is 18.3 Å². The molecule has 2 saturated heterocycles. The number of aliphatic hydroxyl groups is 4. The van der Waals surface area contributed by atoms with Crippen molar-refractivity contribution in [3.8, 4) is 11.3 Å². The number of fused-ring (bicyclic) bond motifs is 5. The molecule has 0 radical (unpaired) electrons. The van der Waals surface area contributed by atoms with E-state index in [-0.39, 0.29) is 99.3 Å². The van der Waals surface area contributed by atoms with Gasteiger partial charge in [0.2, 0.25) is 11.7 Å². The third-order valence-corrected chi connectivity index (χ3v) is 22.5. The van der Waals surface area contributed by atoms with E-state index in [0.29, 0.717) is 195 Å². The number of nitrogens with zero attached hydrogens (tertiary/aromatic N) is 7. The Morgan fingerprint density at radius 1 is 0.752 bits per heavy atom. The van der Waals surface area contributed by atoms with Crippen LogP contribution in [0.25, 0.3) is 33.4 Å². The molecule has 3 aromatic heterocycles. The van der Waals surface area contributed by atoms with Crippen LogP contribution in [-0.2, 0) is 87.5 Å². The average Bonchev–Trinajstić information content (AvgIpc) is 1.73. The highest BCUT2D eigenvalue weighted by molar-refractivity contribution is 6.39. The molecule has 32 heteroatoms. The Morgan fingerprint density at radius 2 is 1.45 bits per heavy atom. The van der Waals surface area contributed by atoms with Crippen molar-refractivity contribution in [2.75, 3.05) is 132 Å². The second-order valence-corrected chi connectivity index (χ2v) is 31.6. The van der Waals surface area contributed by atoms with Gasteiger partial charge in [-0.3, -0.25) is 19.2 Å². The number of Topliss-reactive ketones (excluding diaryl/α,β-unsaturated/α-hetero) is 2. The monoisotopic (exact) mass is 1640 g/mol. The third kappa shape index (κ3) is 29.1. The quantitative estimate of drug-likeness (QED) is 0.00733. The number of oxime groups is 1. The molecule has 9 N–H and O–H groups in total. The molecule has 1 aliphatic carbocycles. The number of piperidine rings is 1. The van der Waals surface area contributed by atoms with Crippen LogP contribution < -0.4 is 16.8 Å². The Morgan fingerprint density at radius 3 is 2.15 bits per heavy atom. The first-order chi connectivity index (χ1) is 56.3. The van der Waals surface area contributed by atoms with Gasteiger partial charge in [-0.2, -0.15) is 10.1 Å². The molecule has 117 heavy (non-hydrogen) atoms. The second-order valence-electron chi connectivity index (χ2n) is 31.6. The first-order valence-electron chi connectivity index (χ1n) is 41.7.